The number of hydrogen-bond acceptors (Lipinski definition) is 1. The minimum absolute atomic E-state index is 0. The summed E-state index contributed by atoms with van der Waals surface area (Å²) in [6, 6.07) is 6.80. The van der Waals surface area contributed by atoms with E-state index in [0.717, 1.165) is 16.4 Å². The fourth-order valence-electron chi connectivity index (χ4n) is 2.98. The molecular weight excluding hydrogens is 455 g/mol. The summed E-state index contributed by atoms with van der Waals surface area (Å²) < 4.78 is 1.10. The highest BCUT2D eigenvalue weighted by Gasteiger charge is 2.14. The molecule has 1 saturated carbocycles. The number of aromatic amines is 1. The normalized spacial score (nSPS) is 16.0. The van der Waals surface area contributed by atoms with E-state index in [1.165, 1.54) is 36.6 Å². The fourth-order valence-corrected chi connectivity index (χ4v) is 3.34. The molecule has 0 amide bonds. The van der Waals surface area contributed by atoms with Crippen molar-refractivity contribution in [2.24, 2.45) is 10.7 Å². The molecule has 1 aromatic carbocycles. The summed E-state index contributed by atoms with van der Waals surface area (Å²) in [5.41, 5.74) is 8.40. The van der Waals surface area contributed by atoms with Crippen molar-refractivity contribution in [1.29, 1.82) is 0 Å². The van der Waals surface area contributed by atoms with Gasteiger partial charge in [0, 0.05) is 34.2 Å². The largest absolute Gasteiger partial charge is 0.370 e. The van der Waals surface area contributed by atoms with E-state index in [4.69, 9.17) is 5.73 Å². The van der Waals surface area contributed by atoms with E-state index in [-0.39, 0.29) is 24.0 Å². The monoisotopic (exact) mass is 476 g/mol. The number of aromatic nitrogens is 1. The van der Waals surface area contributed by atoms with Gasteiger partial charge in [0.2, 0.25) is 0 Å². The van der Waals surface area contributed by atoms with Gasteiger partial charge in [-0.05, 0) is 43.0 Å². The second-order valence-electron chi connectivity index (χ2n) is 5.65. The summed E-state index contributed by atoms with van der Waals surface area (Å²) in [6.45, 7) is 0.713. The number of nitrogens with two attached hydrogens (primary N) is 1. The second-order valence-corrected chi connectivity index (χ2v) is 6.56. The number of halogens is 2. The van der Waals surface area contributed by atoms with Crippen LogP contribution in [0.2, 0.25) is 0 Å². The maximum atomic E-state index is 5.95. The Morgan fingerprint density at radius 1 is 1.36 bits per heavy atom. The topological polar surface area (TPSA) is 66.2 Å². The molecule has 0 bridgehead atoms. The first-order valence-corrected chi connectivity index (χ1v) is 8.33. The molecule has 120 valence electrons. The van der Waals surface area contributed by atoms with Crippen molar-refractivity contribution in [3.63, 3.8) is 0 Å². The zero-order chi connectivity index (χ0) is 14.7. The van der Waals surface area contributed by atoms with E-state index in [9.17, 15) is 0 Å². The molecule has 0 saturated heterocycles. The number of guanidine groups is 1. The zero-order valence-electron chi connectivity index (χ0n) is 12.4. The van der Waals surface area contributed by atoms with Crippen molar-refractivity contribution < 1.29 is 0 Å². The van der Waals surface area contributed by atoms with Gasteiger partial charge in [-0.1, -0.05) is 28.8 Å². The van der Waals surface area contributed by atoms with Gasteiger partial charge < -0.3 is 16.0 Å². The van der Waals surface area contributed by atoms with Crippen molar-refractivity contribution in [2.45, 2.75) is 38.1 Å². The van der Waals surface area contributed by atoms with Crippen molar-refractivity contribution >= 4 is 56.8 Å². The Bertz CT molecular complexity index is 647. The van der Waals surface area contributed by atoms with Gasteiger partial charge in [0.15, 0.2) is 5.96 Å². The predicted molar refractivity (Wildman–Crippen MR) is 107 cm³/mol. The lowest BCUT2D eigenvalue weighted by Gasteiger charge is -2.12. The van der Waals surface area contributed by atoms with Gasteiger partial charge in [-0.3, -0.25) is 4.99 Å². The average molecular weight is 477 g/mol. The van der Waals surface area contributed by atoms with Gasteiger partial charge in [-0.25, -0.2) is 0 Å². The van der Waals surface area contributed by atoms with Crippen LogP contribution >= 0.6 is 39.9 Å². The Morgan fingerprint density at radius 3 is 2.91 bits per heavy atom. The molecule has 0 unspecified atom stereocenters. The van der Waals surface area contributed by atoms with Gasteiger partial charge in [-0.2, -0.15) is 0 Å². The van der Waals surface area contributed by atoms with Crippen LogP contribution < -0.4 is 11.1 Å². The highest BCUT2D eigenvalue weighted by molar-refractivity contribution is 14.0. The molecule has 1 heterocycles. The Balaban J connectivity index is 0.00000176. The number of H-pyrrole nitrogens is 1. The lowest BCUT2D eigenvalue weighted by molar-refractivity contribution is 0.625. The van der Waals surface area contributed by atoms with Gasteiger partial charge >= 0.3 is 0 Å². The van der Waals surface area contributed by atoms with Gasteiger partial charge in [0.1, 0.15) is 0 Å². The number of benzene rings is 1. The molecule has 0 spiro atoms. The third kappa shape index (κ3) is 4.38. The van der Waals surface area contributed by atoms with Crippen molar-refractivity contribution in [1.82, 2.24) is 10.3 Å². The standard InChI is InChI=1S/C16H21BrN4.HI/c17-12-5-6-15-14(9-12)11(10-20-15)7-8-19-16(18)21-13-3-1-2-4-13;/h5-6,9-10,13,20H,1-4,7-8H2,(H3,18,19,21);1H. The lowest BCUT2D eigenvalue weighted by atomic mass is 10.1. The lowest BCUT2D eigenvalue weighted by Crippen LogP contribution is -2.38. The number of rotatable bonds is 4. The van der Waals surface area contributed by atoms with Crippen LogP contribution in [-0.4, -0.2) is 23.5 Å². The van der Waals surface area contributed by atoms with Crippen LogP contribution in [-0.2, 0) is 6.42 Å². The van der Waals surface area contributed by atoms with Crippen molar-refractivity contribution in [2.75, 3.05) is 6.54 Å². The summed E-state index contributed by atoms with van der Waals surface area (Å²) in [7, 11) is 0. The minimum Gasteiger partial charge on any atom is -0.370 e. The van der Waals surface area contributed by atoms with E-state index in [2.05, 4.69) is 49.6 Å². The molecule has 1 fully saturated rings. The molecule has 22 heavy (non-hydrogen) atoms. The van der Waals surface area contributed by atoms with Gasteiger partial charge in [-0.15, -0.1) is 24.0 Å². The first-order valence-electron chi connectivity index (χ1n) is 7.54. The number of nitrogens with zero attached hydrogens (tertiary/aromatic N) is 1. The molecule has 0 radical (unpaired) electrons. The highest BCUT2D eigenvalue weighted by atomic mass is 127. The number of aliphatic imine (C=N–C) groups is 1. The quantitative estimate of drug-likeness (QED) is 0.355. The average Bonchev–Trinajstić information content (AvgIpc) is 3.09. The Kier molecular flexibility index (Phi) is 6.55. The molecular formula is C16H22BrIN4. The summed E-state index contributed by atoms with van der Waals surface area (Å²) in [5.74, 6) is 0.586. The predicted octanol–water partition coefficient (Wildman–Crippen LogP) is 3.94. The molecule has 1 aromatic heterocycles. The smallest absolute Gasteiger partial charge is 0.188 e. The molecule has 3 rings (SSSR count). The molecule has 4 nitrogen and oxygen atoms in total. The van der Waals surface area contributed by atoms with Crippen LogP contribution in [0.3, 0.4) is 0 Å². The van der Waals surface area contributed by atoms with Crippen LogP contribution in [0.1, 0.15) is 31.2 Å². The molecule has 0 aliphatic heterocycles. The maximum Gasteiger partial charge on any atom is 0.188 e. The first-order chi connectivity index (χ1) is 10.2. The highest BCUT2D eigenvalue weighted by Crippen LogP contribution is 2.23. The number of nitrogens with one attached hydrogen (secondary N) is 2. The molecule has 0 atom stereocenters. The van der Waals surface area contributed by atoms with E-state index < -0.39 is 0 Å². The SMILES string of the molecule is I.NC(=NCCc1c[nH]c2ccc(Br)cc12)NC1CCCC1. The summed E-state index contributed by atoms with van der Waals surface area (Å²) in [5, 5.41) is 4.57. The third-order valence-corrected chi connectivity index (χ3v) is 4.59. The molecule has 2 aromatic rings. The summed E-state index contributed by atoms with van der Waals surface area (Å²) in [4.78, 5) is 7.75. The fraction of sp³-hybridized carbons (Fsp3) is 0.438. The van der Waals surface area contributed by atoms with Crippen molar-refractivity contribution in [3.8, 4) is 0 Å². The summed E-state index contributed by atoms with van der Waals surface area (Å²) in [6.07, 6.45) is 7.99. The van der Waals surface area contributed by atoms with E-state index in [0.29, 0.717) is 18.5 Å². The van der Waals surface area contributed by atoms with E-state index in [1.807, 2.05) is 6.07 Å². The van der Waals surface area contributed by atoms with Crippen LogP contribution in [0.5, 0.6) is 0 Å². The number of fused-ring (bicyclic) bond motifs is 1. The zero-order valence-corrected chi connectivity index (χ0v) is 16.4. The van der Waals surface area contributed by atoms with Crippen LogP contribution in [0.4, 0.5) is 0 Å². The minimum atomic E-state index is 0. The Labute approximate surface area is 156 Å². The van der Waals surface area contributed by atoms with Gasteiger partial charge in [0.05, 0.1) is 0 Å². The Morgan fingerprint density at radius 2 is 2.14 bits per heavy atom. The first kappa shape index (κ1) is 17.6. The van der Waals surface area contributed by atoms with Gasteiger partial charge in [0.25, 0.3) is 0 Å². The second kappa shape index (κ2) is 8.19. The molecule has 1 aliphatic carbocycles. The third-order valence-electron chi connectivity index (χ3n) is 4.10. The molecule has 6 heteroatoms. The van der Waals surface area contributed by atoms with Crippen LogP contribution in [0.15, 0.2) is 33.9 Å². The van der Waals surface area contributed by atoms with E-state index >= 15 is 0 Å². The molecule has 4 N–H and O–H groups in total. The van der Waals surface area contributed by atoms with Crippen molar-refractivity contribution in [3.05, 3.63) is 34.4 Å². The summed E-state index contributed by atoms with van der Waals surface area (Å²) >= 11 is 3.52. The molecule has 1 aliphatic rings. The van der Waals surface area contributed by atoms with Crippen LogP contribution in [0.25, 0.3) is 10.9 Å². The van der Waals surface area contributed by atoms with Crippen LogP contribution in [0, 0.1) is 0 Å². The number of hydrogen-bond donors (Lipinski definition) is 3. The Hall–Kier alpha value is -0.760. The maximum absolute atomic E-state index is 5.95. The van der Waals surface area contributed by atoms with E-state index in [1.54, 1.807) is 0 Å².